The minimum atomic E-state index is -4.65. The Labute approximate surface area is 197 Å². The highest BCUT2D eigenvalue weighted by atomic mass is 32.2. The van der Waals surface area contributed by atoms with Crippen molar-refractivity contribution < 1.29 is 26.4 Å². The topological polar surface area (TPSA) is 93.5 Å². The van der Waals surface area contributed by atoms with Gasteiger partial charge in [-0.3, -0.25) is 4.79 Å². The molecule has 1 N–H and O–H groups in total. The highest BCUT2D eigenvalue weighted by molar-refractivity contribution is 7.89. The Morgan fingerprint density at radius 3 is 2.41 bits per heavy atom. The van der Waals surface area contributed by atoms with Crippen molar-refractivity contribution in [2.24, 2.45) is 17.8 Å². The molecule has 0 radical (unpaired) electrons. The molecule has 4 rings (SSSR count). The van der Waals surface area contributed by atoms with E-state index in [9.17, 15) is 26.4 Å². The van der Waals surface area contributed by atoms with Crippen LogP contribution in [0.25, 0.3) is 0 Å². The smallest absolute Gasteiger partial charge is 0.370 e. The van der Waals surface area contributed by atoms with Crippen molar-refractivity contribution in [2.45, 2.75) is 44.8 Å². The predicted molar refractivity (Wildman–Crippen MR) is 120 cm³/mol. The molecular formula is C23H29F3N4O3S. The lowest BCUT2D eigenvalue weighted by Gasteiger charge is -2.35. The van der Waals surface area contributed by atoms with Crippen LogP contribution < -0.4 is 10.2 Å². The number of anilines is 1. The highest BCUT2D eigenvalue weighted by Crippen LogP contribution is 2.40. The van der Waals surface area contributed by atoms with E-state index in [0.717, 1.165) is 18.9 Å². The first-order valence-electron chi connectivity index (χ1n) is 11.7. The Morgan fingerprint density at radius 2 is 1.85 bits per heavy atom. The predicted octanol–water partition coefficient (Wildman–Crippen LogP) is 2.97. The Bertz CT molecular complexity index is 1070. The number of nitriles is 1. The standard InChI is InChI=1S/C23H29F3N4O3S/c1-2-34(32,33)30-9-7-15(8-10-30)19-13-29(14-20(19)22(31)28-17-4-5-17)18-6-3-16(12-27)21(11-18)23(24,25)26/h3,6,11,15,17,19-20H,2,4-5,7-10,13-14H2,1H3,(H,28,31). The molecule has 1 amide bonds. The fourth-order valence-corrected chi connectivity index (χ4v) is 6.29. The van der Waals surface area contributed by atoms with Crippen LogP contribution in [-0.4, -0.2) is 56.6 Å². The van der Waals surface area contributed by atoms with Gasteiger partial charge in [0.15, 0.2) is 0 Å². The molecule has 0 spiro atoms. The number of piperidine rings is 1. The van der Waals surface area contributed by atoms with Crippen LogP contribution in [0, 0.1) is 29.1 Å². The maximum absolute atomic E-state index is 13.5. The van der Waals surface area contributed by atoms with Gasteiger partial charge >= 0.3 is 6.18 Å². The summed E-state index contributed by atoms with van der Waals surface area (Å²) in [6, 6.07) is 5.45. The Balaban J connectivity index is 1.56. The van der Waals surface area contributed by atoms with Crippen LogP contribution in [0.3, 0.4) is 0 Å². The van der Waals surface area contributed by atoms with E-state index >= 15 is 0 Å². The molecule has 1 aromatic carbocycles. The number of hydrogen-bond donors (Lipinski definition) is 1. The maximum atomic E-state index is 13.5. The molecule has 7 nitrogen and oxygen atoms in total. The van der Waals surface area contributed by atoms with Gasteiger partial charge in [0.1, 0.15) is 0 Å². The van der Waals surface area contributed by atoms with Gasteiger partial charge in [0.05, 0.1) is 28.9 Å². The third-order valence-corrected chi connectivity index (χ3v) is 9.16. The summed E-state index contributed by atoms with van der Waals surface area (Å²) >= 11 is 0. The van der Waals surface area contributed by atoms with E-state index < -0.39 is 27.3 Å². The number of halogens is 3. The van der Waals surface area contributed by atoms with Crippen LogP contribution in [0.4, 0.5) is 18.9 Å². The number of sulfonamides is 1. The van der Waals surface area contributed by atoms with Crippen molar-refractivity contribution in [3.05, 3.63) is 29.3 Å². The SMILES string of the molecule is CCS(=O)(=O)N1CCC(C2CN(c3ccc(C#N)c(C(F)(F)F)c3)CC2C(=O)NC2CC2)CC1. The molecule has 1 saturated carbocycles. The zero-order valence-corrected chi connectivity index (χ0v) is 19.8. The molecule has 34 heavy (non-hydrogen) atoms. The number of amides is 1. The van der Waals surface area contributed by atoms with Crippen LogP contribution in [0.15, 0.2) is 18.2 Å². The summed E-state index contributed by atoms with van der Waals surface area (Å²) in [7, 11) is -3.27. The zero-order valence-electron chi connectivity index (χ0n) is 19.0. The van der Waals surface area contributed by atoms with Gasteiger partial charge in [0.25, 0.3) is 0 Å². The number of hydrogen-bond acceptors (Lipinski definition) is 5. The average molecular weight is 499 g/mol. The summed E-state index contributed by atoms with van der Waals surface area (Å²) in [5.74, 6) is -0.409. The second-order valence-electron chi connectivity index (χ2n) is 9.43. The van der Waals surface area contributed by atoms with Crippen molar-refractivity contribution >= 4 is 21.6 Å². The van der Waals surface area contributed by atoms with E-state index in [-0.39, 0.29) is 35.5 Å². The number of nitrogens with zero attached hydrogens (tertiary/aromatic N) is 3. The van der Waals surface area contributed by atoms with Gasteiger partial charge in [-0.25, -0.2) is 12.7 Å². The summed E-state index contributed by atoms with van der Waals surface area (Å²) in [5.41, 5.74) is -1.07. The van der Waals surface area contributed by atoms with E-state index in [4.69, 9.17) is 5.26 Å². The second-order valence-corrected chi connectivity index (χ2v) is 11.7. The normalized spacial score (nSPS) is 24.7. The molecule has 0 aromatic heterocycles. The molecule has 11 heteroatoms. The van der Waals surface area contributed by atoms with Gasteiger partial charge in [0, 0.05) is 37.9 Å². The monoisotopic (exact) mass is 498 g/mol. The maximum Gasteiger partial charge on any atom is 0.417 e. The minimum Gasteiger partial charge on any atom is -0.370 e. The van der Waals surface area contributed by atoms with Crippen LogP contribution in [0.2, 0.25) is 0 Å². The summed E-state index contributed by atoms with van der Waals surface area (Å²) < 4.78 is 66.4. The molecule has 186 valence electrons. The van der Waals surface area contributed by atoms with Crippen LogP contribution in [0.1, 0.15) is 43.7 Å². The second kappa shape index (κ2) is 9.38. The van der Waals surface area contributed by atoms with Crippen molar-refractivity contribution in [2.75, 3.05) is 36.8 Å². The Hall–Kier alpha value is -2.32. The molecule has 2 aliphatic heterocycles. The quantitative estimate of drug-likeness (QED) is 0.651. The lowest BCUT2D eigenvalue weighted by atomic mass is 9.78. The molecule has 2 heterocycles. The van der Waals surface area contributed by atoms with Gasteiger partial charge < -0.3 is 10.2 Å². The molecule has 3 aliphatic rings. The first kappa shape index (κ1) is 24.8. The molecule has 3 fully saturated rings. The van der Waals surface area contributed by atoms with E-state index in [1.165, 1.54) is 16.4 Å². The largest absolute Gasteiger partial charge is 0.417 e. The van der Waals surface area contributed by atoms with Crippen molar-refractivity contribution in [3.8, 4) is 6.07 Å². The minimum absolute atomic E-state index is 0.0432. The van der Waals surface area contributed by atoms with Crippen LogP contribution in [-0.2, 0) is 21.0 Å². The molecule has 1 aliphatic carbocycles. The van der Waals surface area contributed by atoms with E-state index in [1.54, 1.807) is 17.9 Å². The van der Waals surface area contributed by atoms with E-state index in [1.807, 2.05) is 0 Å². The van der Waals surface area contributed by atoms with Gasteiger partial charge in [0.2, 0.25) is 15.9 Å². The highest BCUT2D eigenvalue weighted by Gasteiger charge is 2.45. The number of rotatable bonds is 6. The van der Waals surface area contributed by atoms with Crippen LogP contribution >= 0.6 is 0 Å². The third-order valence-electron chi connectivity index (χ3n) is 7.28. The Morgan fingerprint density at radius 1 is 1.18 bits per heavy atom. The molecule has 2 atom stereocenters. The molecule has 2 saturated heterocycles. The fourth-order valence-electron chi connectivity index (χ4n) is 5.16. The van der Waals surface area contributed by atoms with Gasteiger partial charge in [-0.2, -0.15) is 18.4 Å². The van der Waals surface area contributed by atoms with Crippen molar-refractivity contribution in [1.82, 2.24) is 9.62 Å². The summed E-state index contributed by atoms with van der Waals surface area (Å²) in [6.07, 6.45) is -1.55. The van der Waals surface area contributed by atoms with Gasteiger partial charge in [-0.15, -0.1) is 0 Å². The molecule has 0 bridgehead atoms. The lowest BCUT2D eigenvalue weighted by Crippen LogP contribution is -2.44. The number of benzene rings is 1. The number of alkyl halides is 3. The first-order chi connectivity index (χ1) is 16.0. The first-order valence-corrected chi connectivity index (χ1v) is 13.3. The van der Waals surface area contributed by atoms with Crippen molar-refractivity contribution in [1.29, 1.82) is 5.26 Å². The van der Waals surface area contributed by atoms with Crippen molar-refractivity contribution in [3.63, 3.8) is 0 Å². The van der Waals surface area contributed by atoms with E-state index in [2.05, 4.69) is 5.32 Å². The van der Waals surface area contributed by atoms with Crippen LogP contribution in [0.5, 0.6) is 0 Å². The van der Waals surface area contributed by atoms with Gasteiger partial charge in [-0.05, 0) is 62.6 Å². The molecule has 2 unspecified atom stereocenters. The van der Waals surface area contributed by atoms with Gasteiger partial charge in [-0.1, -0.05) is 0 Å². The Kier molecular flexibility index (Phi) is 6.84. The number of carbonyl (C=O) groups is 1. The average Bonchev–Trinajstić information content (AvgIpc) is 3.51. The fraction of sp³-hybridized carbons (Fsp3) is 0.652. The summed E-state index contributed by atoms with van der Waals surface area (Å²) in [6.45, 7) is 3.10. The number of carbonyl (C=O) groups excluding carboxylic acids is 1. The van der Waals surface area contributed by atoms with E-state index in [0.29, 0.717) is 44.7 Å². The zero-order chi connectivity index (χ0) is 24.7. The molecular weight excluding hydrogens is 469 g/mol. The summed E-state index contributed by atoms with van der Waals surface area (Å²) in [4.78, 5) is 14.9. The number of nitrogens with one attached hydrogen (secondary N) is 1. The summed E-state index contributed by atoms with van der Waals surface area (Å²) in [5, 5.41) is 12.1. The molecule has 1 aromatic rings. The third kappa shape index (κ3) is 5.18. The lowest BCUT2D eigenvalue weighted by molar-refractivity contribution is -0.137.